The van der Waals surface area contributed by atoms with Crippen LogP contribution in [0.2, 0.25) is 0 Å². The molecule has 2 saturated heterocycles. The van der Waals surface area contributed by atoms with E-state index in [2.05, 4.69) is 23.1 Å². The topological polar surface area (TPSA) is 206 Å². The van der Waals surface area contributed by atoms with Gasteiger partial charge in [0.25, 0.3) is 0 Å². The van der Waals surface area contributed by atoms with Crippen molar-refractivity contribution < 1.29 is 46.6 Å². The molecule has 0 spiro atoms. The van der Waals surface area contributed by atoms with Crippen molar-refractivity contribution >= 4 is 19.2 Å². The highest BCUT2D eigenvalue weighted by Crippen LogP contribution is 2.52. The summed E-state index contributed by atoms with van der Waals surface area (Å²) in [7, 11) is -4.85. The Labute approximate surface area is 353 Å². The number of hydrogen-bond donors (Lipinski definition) is 2. The van der Waals surface area contributed by atoms with Crippen molar-refractivity contribution in [3.05, 3.63) is 59.3 Å². The smallest absolute Gasteiger partial charge is 0.382 e. The average Bonchev–Trinajstić information content (AvgIpc) is 3.89. The number of nitrogens with two attached hydrogens (primary N) is 1. The quantitative estimate of drug-likeness (QED) is 0.0517. The fourth-order valence-corrected chi connectivity index (χ4v) is 8.51. The van der Waals surface area contributed by atoms with Gasteiger partial charge in [-0.2, -0.15) is 15.6 Å². The molecular formula is C43H62FN6O9P. The Kier molecular flexibility index (Phi) is 18.3. The van der Waals surface area contributed by atoms with Gasteiger partial charge in [-0.25, -0.2) is 18.5 Å². The van der Waals surface area contributed by atoms with Crippen LogP contribution in [0.25, 0.3) is 5.52 Å². The molecule has 60 heavy (non-hydrogen) atoms. The van der Waals surface area contributed by atoms with Crippen LogP contribution in [0, 0.1) is 28.5 Å². The van der Waals surface area contributed by atoms with Crippen molar-refractivity contribution in [1.29, 1.82) is 10.5 Å². The molecule has 0 bridgehead atoms. The lowest BCUT2D eigenvalue weighted by Crippen LogP contribution is -2.45. The predicted molar refractivity (Wildman–Crippen MR) is 221 cm³/mol. The summed E-state index contributed by atoms with van der Waals surface area (Å²) < 4.78 is 70.3. The number of hydrogen-bond acceptors (Lipinski definition) is 13. The van der Waals surface area contributed by atoms with Gasteiger partial charge >= 0.3 is 7.82 Å². The number of anilines is 1. The summed E-state index contributed by atoms with van der Waals surface area (Å²) in [6.07, 6.45) is 16.4. The van der Waals surface area contributed by atoms with Gasteiger partial charge in [0, 0.05) is 6.61 Å². The SMILES string of the molecule is CCCCCCCCCCCCCCCCCOC[C@H](COP(=O)(O)OC[C@@]1(C#N)O[C@@H](c2ccc3c(N)ncnn23)[C@@H]2OC(C)(C)O[C@@H]21)OCc1cc(F)cc(C#N)c1. The number of unbranched alkanes of at least 4 members (excludes halogenated alkanes) is 14. The Morgan fingerprint density at radius 2 is 1.60 bits per heavy atom. The van der Waals surface area contributed by atoms with Crippen molar-refractivity contribution in [3.8, 4) is 12.1 Å². The van der Waals surface area contributed by atoms with Crippen molar-refractivity contribution in [1.82, 2.24) is 14.6 Å². The third kappa shape index (κ3) is 13.7. The second-order valence-electron chi connectivity index (χ2n) is 16.2. The number of halogens is 1. The highest BCUT2D eigenvalue weighted by molar-refractivity contribution is 7.47. The summed E-state index contributed by atoms with van der Waals surface area (Å²) >= 11 is 0. The Morgan fingerprint density at radius 3 is 2.25 bits per heavy atom. The van der Waals surface area contributed by atoms with Crippen LogP contribution in [0.4, 0.5) is 10.2 Å². The number of phosphoric ester groups is 1. The number of aromatic nitrogens is 3. The zero-order chi connectivity index (χ0) is 43.0. The average molecular weight is 857 g/mol. The number of nitriles is 2. The highest BCUT2D eigenvalue weighted by Gasteiger charge is 2.65. The van der Waals surface area contributed by atoms with E-state index in [0.717, 1.165) is 25.3 Å². The van der Waals surface area contributed by atoms with E-state index < -0.39 is 62.7 Å². The molecule has 4 heterocycles. The van der Waals surface area contributed by atoms with Gasteiger partial charge in [-0.3, -0.25) is 9.05 Å². The summed E-state index contributed by atoms with van der Waals surface area (Å²) in [4.78, 5) is 14.9. The fourth-order valence-electron chi connectivity index (χ4n) is 7.73. The minimum atomic E-state index is -4.85. The Hall–Kier alpha value is -3.54. The van der Waals surface area contributed by atoms with Gasteiger partial charge in [0.1, 0.15) is 54.8 Å². The first kappa shape index (κ1) is 47.5. The van der Waals surface area contributed by atoms with Gasteiger partial charge < -0.3 is 34.3 Å². The highest BCUT2D eigenvalue weighted by atomic mass is 31.2. The largest absolute Gasteiger partial charge is 0.472 e. The number of nitrogen functional groups attached to an aromatic ring is 1. The third-order valence-electron chi connectivity index (χ3n) is 10.9. The molecule has 15 nitrogen and oxygen atoms in total. The third-order valence-corrected chi connectivity index (χ3v) is 11.8. The van der Waals surface area contributed by atoms with E-state index in [9.17, 15) is 24.4 Å². The fraction of sp³-hybridized carbons (Fsp3) is 0.674. The lowest BCUT2D eigenvalue weighted by molar-refractivity contribution is -0.204. The molecule has 1 aromatic carbocycles. The molecule has 6 atom stereocenters. The maximum atomic E-state index is 14.2. The van der Waals surface area contributed by atoms with Gasteiger partial charge in [-0.1, -0.05) is 96.8 Å². The molecule has 2 fully saturated rings. The molecule has 17 heteroatoms. The number of nitrogens with zero attached hydrogens (tertiary/aromatic N) is 5. The van der Waals surface area contributed by atoms with E-state index in [1.165, 1.54) is 100 Å². The lowest BCUT2D eigenvalue weighted by Gasteiger charge is -2.29. The minimum absolute atomic E-state index is 0.00923. The molecular weight excluding hydrogens is 794 g/mol. The van der Waals surface area contributed by atoms with E-state index in [1.807, 2.05) is 6.07 Å². The van der Waals surface area contributed by atoms with Crippen LogP contribution in [-0.2, 0) is 43.9 Å². The minimum Gasteiger partial charge on any atom is -0.382 e. The lowest BCUT2D eigenvalue weighted by atomic mass is 9.96. The number of benzene rings is 1. The first-order chi connectivity index (χ1) is 28.9. The number of rotatable bonds is 28. The monoisotopic (exact) mass is 856 g/mol. The van der Waals surface area contributed by atoms with E-state index >= 15 is 0 Å². The van der Waals surface area contributed by atoms with Crippen LogP contribution in [0.3, 0.4) is 0 Å². The second kappa shape index (κ2) is 23.1. The van der Waals surface area contributed by atoms with Gasteiger partial charge in [-0.05, 0) is 56.2 Å². The summed E-state index contributed by atoms with van der Waals surface area (Å²) in [5.41, 5.74) is 5.69. The van der Waals surface area contributed by atoms with Gasteiger partial charge in [0.05, 0.1) is 37.1 Å². The Balaban J connectivity index is 1.10. The van der Waals surface area contributed by atoms with Crippen LogP contribution >= 0.6 is 7.82 Å². The maximum Gasteiger partial charge on any atom is 0.472 e. The summed E-state index contributed by atoms with van der Waals surface area (Å²) in [5.74, 6) is -1.47. The van der Waals surface area contributed by atoms with Gasteiger partial charge in [0.15, 0.2) is 11.6 Å². The van der Waals surface area contributed by atoms with E-state index in [0.29, 0.717) is 23.4 Å². The number of phosphoric acid groups is 1. The maximum absolute atomic E-state index is 14.2. The molecule has 0 saturated carbocycles. The Bertz CT molecular complexity index is 1940. The van der Waals surface area contributed by atoms with Gasteiger partial charge in [0.2, 0.25) is 5.60 Å². The zero-order valence-corrected chi connectivity index (χ0v) is 36.2. The van der Waals surface area contributed by atoms with Crippen LogP contribution < -0.4 is 5.73 Å². The molecule has 2 aliphatic heterocycles. The van der Waals surface area contributed by atoms with E-state index in [4.69, 9.17) is 38.5 Å². The molecule has 0 radical (unpaired) electrons. The van der Waals surface area contributed by atoms with Crippen LogP contribution in [0.1, 0.15) is 140 Å². The van der Waals surface area contributed by atoms with Crippen molar-refractivity contribution in [3.63, 3.8) is 0 Å². The van der Waals surface area contributed by atoms with Crippen molar-refractivity contribution in [2.45, 2.75) is 159 Å². The summed E-state index contributed by atoms with van der Waals surface area (Å²) in [5, 5.41) is 24.1. The summed E-state index contributed by atoms with van der Waals surface area (Å²) in [6, 6.07) is 11.3. The standard InChI is InChI=1S/C43H62FN6O9P/c1-4-5-6-7-8-9-10-11-12-13-14-15-16-17-18-21-53-27-35(54-26-33-22-32(25-45)23-34(44)24-33)28-55-60(51,52)56-30-43(29-46)40-39(57-42(2,3)59-40)38(58-43)36-19-20-37-41(47)48-31-49-50(36)37/h19-20,22-24,31,35,38-40H,4-18,21,26-28,30H2,1-3H3,(H,51,52)(H2,47,48,49)/t35-,38+,39+,40+,43-/m1/s1. The van der Waals surface area contributed by atoms with E-state index in [1.54, 1.807) is 26.0 Å². The van der Waals surface area contributed by atoms with Crippen LogP contribution in [-0.4, -0.2) is 75.6 Å². The second-order valence-corrected chi connectivity index (χ2v) is 17.7. The Morgan fingerprint density at radius 1 is 0.933 bits per heavy atom. The molecule has 330 valence electrons. The first-order valence-electron chi connectivity index (χ1n) is 21.4. The summed E-state index contributed by atoms with van der Waals surface area (Å²) in [6.45, 7) is 4.82. The molecule has 0 amide bonds. The molecule has 2 aromatic heterocycles. The molecule has 2 aliphatic rings. The van der Waals surface area contributed by atoms with Crippen LogP contribution in [0.5, 0.6) is 0 Å². The molecule has 3 aromatic rings. The van der Waals surface area contributed by atoms with Crippen molar-refractivity contribution in [2.24, 2.45) is 0 Å². The predicted octanol–water partition coefficient (Wildman–Crippen LogP) is 8.78. The normalized spacial score (nSPS) is 22.4. The first-order valence-corrected chi connectivity index (χ1v) is 22.9. The number of fused-ring (bicyclic) bond motifs is 2. The molecule has 5 rings (SSSR count). The number of ether oxygens (including phenoxy) is 5. The molecule has 0 aliphatic carbocycles. The molecule has 3 N–H and O–H groups in total. The van der Waals surface area contributed by atoms with Crippen molar-refractivity contribution in [2.75, 3.05) is 32.2 Å². The van der Waals surface area contributed by atoms with Crippen LogP contribution in [0.15, 0.2) is 36.7 Å². The zero-order valence-electron chi connectivity index (χ0n) is 35.3. The van der Waals surface area contributed by atoms with E-state index in [-0.39, 0.29) is 24.6 Å². The molecule has 1 unspecified atom stereocenters. The van der Waals surface area contributed by atoms with Gasteiger partial charge in [-0.15, -0.1) is 0 Å².